The molecule has 0 unspecified atom stereocenters. The molecule has 0 rings (SSSR count). The Morgan fingerprint density at radius 3 is 1.00 bits per heavy atom. The summed E-state index contributed by atoms with van der Waals surface area (Å²) in [6.45, 7) is 0. The van der Waals surface area contributed by atoms with E-state index in [0.29, 0.717) is 0 Å². The van der Waals surface area contributed by atoms with Crippen molar-refractivity contribution in [3.8, 4) is 0 Å². The van der Waals surface area contributed by atoms with Crippen LogP contribution in [-0.2, 0) is 30.0 Å². The van der Waals surface area contributed by atoms with Gasteiger partial charge in [-0.1, -0.05) is 0 Å². The molecule has 0 aliphatic heterocycles. The van der Waals surface area contributed by atoms with Gasteiger partial charge in [-0.3, -0.25) is 0 Å². The second kappa shape index (κ2) is 46.2. The molecule has 44 valence electrons. The fourth-order valence-electron chi connectivity index (χ4n) is 0. The van der Waals surface area contributed by atoms with Crippen LogP contribution in [0.5, 0.6) is 0 Å². The van der Waals surface area contributed by atoms with E-state index in [0.717, 1.165) is 0 Å². The van der Waals surface area contributed by atoms with Crippen molar-refractivity contribution in [2.75, 3.05) is 0 Å². The van der Waals surface area contributed by atoms with Crippen molar-refractivity contribution < 1.29 is 30.0 Å². The summed E-state index contributed by atoms with van der Waals surface area (Å²) in [4.78, 5) is 16.9. The minimum atomic E-state index is 0. The molecule has 0 aliphatic rings. The van der Waals surface area contributed by atoms with Crippen LogP contribution >= 0.6 is 0 Å². The van der Waals surface area contributed by atoms with Gasteiger partial charge in [-0.05, 0) is 0 Å². The molecular weight excluding hydrogens is 190 g/mol. The summed E-state index contributed by atoms with van der Waals surface area (Å²) in [5.74, 6) is 0. The van der Waals surface area contributed by atoms with E-state index in [1.54, 1.807) is 0 Å². The van der Waals surface area contributed by atoms with Crippen LogP contribution in [0.3, 0.4) is 0 Å². The Balaban J connectivity index is -0.0000000400. The standard InChI is InChI=1S/2CH3NO.Pd/c2*2-1-3;/h2*1H,(H2,2,3);/q;;+2/p-2. The average molecular weight is 194 g/mol. The molecule has 5 heteroatoms. The van der Waals surface area contributed by atoms with Crippen molar-refractivity contribution in [2.45, 2.75) is 0 Å². The molecule has 0 fully saturated rings. The Labute approximate surface area is 54.9 Å². The van der Waals surface area contributed by atoms with Crippen LogP contribution in [0.2, 0.25) is 0 Å². The first-order valence-corrected chi connectivity index (χ1v) is 1.05. The summed E-state index contributed by atoms with van der Waals surface area (Å²) >= 11 is 0. The van der Waals surface area contributed by atoms with Crippen molar-refractivity contribution in [1.82, 2.24) is 0 Å². The second-order valence-electron chi connectivity index (χ2n) is 0.236. The normalized spacial score (nSPS) is 3.43. The molecule has 0 saturated heterocycles. The van der Waals surface area contributed by atoms with Gasteiger partial charge in [0.25, 0.3) is 0 Å². The first-order chi connectivity index (χ1) is 2.83. The predicted octanol–water partition coefficient (Wildman–Crippen LogP) is 0.388. The number of nitrogens with one attached hydrogen (secondary N) is 2. The first-order valence-electron chi connectivity index (χ1n) is 1.05. The van der Waals surface area contributed by atoms with Gasteiger partial charge in [0.15, 0.2) is 0 Å². The topological polar surface area (TPSA) is 81.7 Å². The fraction of sp³-hybridized carbons (Fsp3) is 0. The van der Waals surface area contributed by atoms with E-state index in [1.165, 1.54) is 0 Å². The van der Waals surface area contributed by atoms with Gasteiger partial charge in [0.2, 0.25) is 0 Å². The van der Waals surface area contributed by atoms with Gasteiger partial charge in [0, 0.05) is 12.8 Å². The fourth-order valence-corrected chi connectivity index (χ4v) is 0. The van der Waals surface area contributed by atoms with Crippen LogP contribution in [0.4, 0.5) is 0 Å². The van der Waals surface area contributed by atoms with Crippen molar-refractivity contribution in [2.24, 2.45) is 0 Å². The van der Waals surface area contributed by atoms with Gasteiger partial charge in [0.05, 0.1) is 0 Å². The number of rotatable bonds is 0. The molecule has 7 heavy (non-hydrogen) atoms. The molecule has 0 aromatic rings. The Morgan fingerprint density at radius 2 is 1.00 bits per heavy atom. The van der Waals surface area contributed by atoms with E-state index < -0.39 is 0 Å². The van der Waals surface area contributed by atoms with E-state index in [2.05, 4.69) is 0 Å². The SMILES string of the molecule is [NH-]C=O.[NH-]C=O.[Pd+2]. The Kier molecular flexibility index (Phi) is 105. The maximum Gasteiger partial charge on any atom is 2.00 e. The van der Waals surface area contributed by atoms with Gasteiger partial charge in [0.1, 0.15) is 0 Å². The van der Waals surface area contributed by atoms with E-state index in [4.69, 9.17) is 21.1 Å². The smallest absolute Gasteiger partial charge is 0.671 e. The maximum absolute atomic E-state index is 8.47. The van der Waals surface area contributed by atoms with Gasteiger partial charge >= 0.3 is 20.4 Å². The third-order valence-electron chi connectivity index (χ3n) is 0. The molecule has 0 spiro atoms. The zero-order valence-electron chi connectivity index (χ0n) is 3.29. The van der Waals surface area contributed by atoms with Gasteiger partial charge in [-0.2, -0.15) is 0 Å². The summed E-state index contributed by atoms with van der Waals surface area (Å²) in [5, 5.41) is 0. The molecule has 0 aromatic carbocycles. The molecule has 0 radical (unpaired) electrons. The summed E-state index contributed by atoms with van der Waals surface area (Å²) in [6.07, 6.45) is 0. The third kappa shape index (κ3) is 460. The second-order valence-corrected chi connectivity index (χ2v) is 0.236. The number of carbonyl (C=O) groups excluding carboxylic acids is 2. The molecule has 0 aliphatic carbocycles. The van der Waals surface area contributed by atoms with Crippen molar-refractivity contribution in [3.05, 3.63) is 11.5 Å². The maximum atomic E-state index is 8.47. The zero-order valence-corrected chi connectivity index (χ0v) is 4.84. The molecule has 2 N–H and O–H groups in total. The largest absolute Gasteiger partial charge is 2.00 e. The Hall–Kier alpha value is -0.398. The molecular formula is C2H4N2O2Pd. The third-order valence-corrected chi connectivity index (χ3v) is 0. The monoisotopic (exact) mass is 194 g/mol. The van der Waals surface area contributed by atoms with Crippen LogP contribution in [0.1, 0.15) is 0 Å². The van der Waals surface area contributed by atoms with Gasteiger partial charge < -0.3 is 21.1 Å². The Bertz CT molecular complexity index is 34.7. The molecule has 0 bridgehead atoms. The molecule has 2 amide bonds. The minimum absolute atomic E-state index is 0. The zero-order chi connectivity index (χ0) is 5.41. The van der Waals surface area contributed by atoms with E-state index >= 15 is 0 Å². The van der Waals surface area contributed by atoms with Crippen LogP contribution in [-0.4, -0.2) is 12.8 Å². The van der Waals surface area contributed by atoms with Crippen molar-refractivity contribution in [1.29, 1.82) is 0 Å². The molecule has 0 heterocycles. The van der Waals surface area contributed by atoms with Crippen LogP contribution in [0, 0.1) is 0 Å². The molecule has 0 saturated carbocycles. The number of hydrogen-bond donors (Lipinski definition) is 0. The van der Waals surface area contributed by atoms with E-state index in [9.17, 15) is 0 Å². The van der Waals surface area contributed by atoms with Crippen LogP contribution in [0.25, 0.3) is 11.5 Å². The molecule has 0 aromatic heterocycles. The number of carbonyl (C=O) groups is 2. The van der Waals surface area contributed by atoms with Crippen LogP contribution in [0.15, 0.2) is 0 Å². The van der Waals surface area contributed by atoms with E-state index in [-0.39, 0.29) is 33.2 Å². The first kappa shape index (κ1) is 16.0. The predicted molar refractivity (Wildman–Crippen MR) is 20.8 cm³/mol. The van der Waals surface area contributed by atoms with E-state index in [1.807, 2.05) is 0 Å². The minimum Gasteiger partial charge on any atom is -0.671 e. The molecule has 4 nitrogen and oxygen atoms in total. The summed E-state index contributed by atoms with van der Waals surface area (Å²) in [7, 11) is 0. The summed E-state index contributed by atoms with van der Waals surface area (Å²) in [5.41, 5.74) is 11.1. The van der Waals surface area contributed by atoms with Crippen molar-refractivity contribution in [3.63, 3.8) is 0 Å². The quantitative estimate of drug-likeness (QED) is 0.413. The number of hydrogen-bond acceptors (Lipinski definition) is 2. The van der Waals surface area contributed by atoms with Gasteiger partial charge in [-0.15, -0.1) is 0 Å². The summed E-state index contributed by atoms with van der Waals surface area (Å²) in [6, 6.07) is 0. The van der Waals surface area contributed by atoms with Crippen molar-refractivity contribution >= 4 is 12.8 Å². The average Bonchev–Trinajstić information content (AvgIpc) is 1.39. The summed E-state index contributed by atoms with van der Waals surface area (Å²) < 4.78 is 0. The van der Waals surface area contributed by atoms with Gasteiger partial charge in [-0.25, -0.2) is 0 Å². The molecule has 0 atom stereocenters. The van der Waals surface area contributed by atoms with Crippen LogP contribution < -0.4 is 0 Å². The number of amides is 2. The Morgan fingerprint density at radius 1 is 1.00 bits per heavy atom.